The van der Waals surface area contributed by atoms with E-state index in [0.29, 0.717) is 35.5 Å². The Hall–Kier alpha value is -2.59. The molecule has 2 N–H and O–H groups in total. The minimum atomic E-state index is -0.358. The van der Waals surface area contributed by atoms with Gasteiger partial charge in [-0.2, -0.15) is 0 Å². The Bertz CT molecular complexity index is 841. The molecule has 10 heteroatoms. The lowest BCUT2D eigenvalue weighted by atomic mass is 10.3. The number of thiazole rings is 1. The Balaban J connectivity index is 1.72. The molecule has 0 atom stereocenters. The minimum Gasteiger partial charge on any atom is -0.492 e. The van der Waals surface area contributed by atoms with Crippen molar-refractivity contribution in [2.45, 2.75) is 20.3 Å². The number of rotatable bonds is 11. The Morgan fingerprint density at radius 2 is 1.79 bits per heavy atom. The number of carbonyl (C=O) groups is 3. The Kier molecular flexibility index (Phi) is 9.45. The van der Waals surface area contributed by atoms with Crippen LogP contribution < -0.4 is 15.4 Å². The number of carbonyl (C=O) groups excluding carboxylic acids is 3. The van der Waals surface area contributed by atoms with Crippen LogP contribution in [-0.4, -0.2) is 47.5 Å². The van der Waals surface area contributed by atoms with Crippen molar-refractivity contribution in [1.82, 2.24) is 4.98 Å². The topological polar surface area (TPSA) is 107 Å². The molecule has 1 aromatic carbocycles. The number of amides is 2. The van der Waals surface area contributed by atoms with Gasteiger partial charge in [-0.3, -0.25) is 14.4 Å². The lowest BCUT2D eigenvalue weighted by molar-refractivity contribution is -0.142. The first-order chi connectivity index (χ1) is 14.0. The van der Waals surface area contributed by atoms with E-state index in [1.165, 1.54) is 23.1 Å². The summed E-state index contributed by atoms with van der Waals surface area (Å²) in [6.45, 7) is 4.42. The number of anilines is 2. The zero-order chi connectivity index (χ0) is 21.1. The van der Waals surface area contributed by atoms with Gasteiger partial charge in [0.15, 0.2) is 5.13 Å². The fourth-order valence-corrected chi connectivity index (χ4v) is 3.58. The van der Waals surface area contributed by atoms with E-state index in [-0.39, 0.29) is 35.7 Å². The molecule has 2 rings (SSSR count). The first kappa shape index (κ1) is 22.7. The summed E-state index contributed by atoms with van der Waals surface area (Å²) in [6.07, 6.45) is 0.0678. The SMILES string of the molecule is CCOC(=O)Cc1csc(NC(=O)CSCC(=O)Nc2ccccc2OCC)n1. The van der Waals surface area contributed by atoms with Gasteiger partial charge in [-0.1, -0.05) is 12.1 Å². The molecule has 156 valence electrons. The van der Waals surface area contributed by atoms with E-state index in [9.17, 15) is 14.4 Å². The quantitative estimate of drug-likeness (QED) is 0.521. The van der Waals surface area contributed by atoms with Gasteiger partial charge in [0.05, 0.1) is 42.5 Å². The molecular formula is C19H23N3O5S2. The zero-order valence-corrected chi connectivity index (χ0v) is 17.9. The molecule has 29 heavy (non-hydrogen) atoms. The predicted molar refractivity (Wildman–Crippen MR) is 115 cm³/mol. The van der Waals surface area contributed by atoms with Crippen LogP contribution in [0.1, 0.15) is 19.5 Å². The molecule has 0 radical (unpaired) electrons. The molecule has 0 spiro atoms. The number of aromatic nitrogens is 1. The van der Waals surface area contributed by atoms with E-state index in [1.807, 2.05) is 19.1 Å². The number of thioether (sulfide) groups is 1. The lowest BCUT2D eigenvalue weighted by Crippen LogP contribution is -2.18. The Morgan fingerprint density at radius 1 is 1.07 bits per heavy atom. The summed E-state index contributed by atoms with van der Waals surface area (Å²) >= 11 is 2.42. The van der Waals surface area contributed by atoms with Crippen molar-refractivity contribution in [2.24, 2.45) is 0 Å². The highest BCUT2D eigenvalue weighted by Gasteiger charge is 2.12. The number of para-hydroxylation sites is 2. The highest BCUT2D eigenvalue weighted by Crippen LogP contribution is 2.24. The first-order valence-corrected chi connectivity index (χ1v) is 11.0. The van der Waals surface area contributed by atoms with E-state index >= 15 is 0 Å². The molecule has 0 aliphatic rings. The summed E-state index contributed by atoms with van der Waals surface area (Å²) in [5, 5.41) is 7.55. The minimum absolute atomic E-state index is 0.0678. The number of hydrogen-bond acceptors (Lipinski definition) is 8. The molecule has 0 saturated heterocycles. The fraction of sp³-hybridized carbons (Fsp3) is 0.368. The van der Waals surface area contributed by atoms with Gasteiger partial charge < -0.3 is 20.1 Å². The van der Waals surface area contributed by atoms with Gasteiger partial charge >= 0.3 is 5.97 Å². The normalized spacial score (nSPS) is 10.3. The number of benzene rings is 1. The maximum atomic E-state index is 12.1. The third-order valence-corrected chi connectivity index (χ3v) is 5.10. The summed E-state index contributed by atoms with van der Waals surface area (Å²) in [5.74, 6) is -0.0141. The molecule has 8 nitrogen and oxygen atoms in total. The van der Waals surface area contributed by atoms with Gasteiger partial charge in [-0.25, -0.2) is 4.98 Å². The molecule has 2 amide bonds. The number of ether oxygens (including phenoxy) is 2. The van der Waals surface area contributed by atoms with Crippen LogP contribution in [0.15, 0.2) is 29.6 Å². The second kappa shape index (κ2) is 12.1. The standard InChI is InChI=1S/C19H23N3O5S2/c1-3-26-15-8-6-5-7-14(15)21-16(23)11-28-12-17(24)22-19-20-13(10-29-19)9-18(25)27-4-2/h5-8,10H,3-4,9,11-12H2,1-2H3,(H,21,23)(H,20,22,24). The van der Waals surface area contributed by atoms with Gasteiger partial charge in [0.25, 0.3) is 0 Å². The number of nitrogens with zero attached hydrogens (tertiary/aromatic N) is 1. The van der Waals surface area contributed by atoms with Gasteiger partial charge in [0.1, 0.15) is 5.75 Å². The molecule has 0 unspecified atom stereocenters. The van der Waals surface area contributed by atoms with Crippen molar-refractivity contribution in [3.8, 4) is 5.75 Å². The molecule has 0 saturated carbocycles. The average molecular weight is 438 g/mol. The van der Waals surface area contributed by atoms with Crippen molar-refractivity contribution < 1.29 is 23.9 Å². The summed E-state index contributed by atoms with van der Waals surface area (Å²) < 4.78 is 10.3. The molecule has 1 heterocycles. The molecule has 0 aliphatic carbocycles. The van der Waals surface area contributed by atoms with Crippen LogP contribution in [0.3, 0.4) is 0 Å². The van der Waals surface area contributed by atoms with Crippen LogP contribution in [0.2, 0.25) is 0 Å². The van der Waals surface area contributed by atoms with Crippen molar-refractivity contribution in [3.05, 3.63) is 35.3 Å². The maximum Gasteiger partial charge on any atom is 0.311 e. The van der Waals surface area contributed by atoms with Crippen LogP contribution in [0.25, 0.3) is 0 Å². The number of hydrogen-bond donors (Lipinski definition) is 2. The van der Waals surface area contributed by atoms with E-state index in [0.717, 1.165) is 0 Å². The summed E-state index contributed by atoms with van der Waals surface area (Å²) in [7, 11) is 0. The summed E-state index contributed by atoms with van der Waals surface area (Å²) in [4.78, 5) is 39.7. The van der Waals surface area contributed by atoms with Crippen LogP contribution in [0.4, 0.5) is 10.8 Å². The summed E-state index contributed by atoms with van der Waals surface area (Å²) in [5.41, 5.74) is 1.14. The van der Waals surface area contributed by atoms with Crippen LogP contribution in [0.5, 0.6) is 5.75 Å². The Labute approximate surface area is 177 Å². The second-order valence-electron chi connectivity index (χ2n) is 5.64. The van der Waals surface area contributed by atoms with Gasteiger partial charge in [0, 0.05) is 5.38 Å². The highest BCUT2D eigenvalue weighted by atomic mass is 32.2. The molecule has 0 aliphatic heterocycles. The van der Waals surface area contributed by atoms with Gasteiger partial charge in [0.2, 0.25) is 11.8 Å². The van der Waals surface area contributed by atoms with Gasteiger partial charge in [-0.05, 0) is 26.0 Å². The van der Waals surface area contributed by atoms with Crippen LogP contribution in [-0.2, 0) is 25.5 Å². The highest BCUT2D eigenvalue weighted by molar-refractivity contribution is 8.00. The van der Waals surface area contributed by atoms with E-state index in [4.69, 9.17) is 9.47 Å². The summed E-state index contributed by atoms with van der Waals surface area (Å²) in [6, 6.07) is 7.18. The fourth-order valence-electron chi connectivity index (χ4n) is 2.23. The van der Waals surface area contributed by atoms with Gasteiger partial charge in [-0.15, -0.1) is 23.1 Å². The molecule has 0 bridgehead atoms. The predicted octanol–water partition coefficient (Wildman–Crippen LogP) is 2.96. The molecule has 1 aromatic heterocycles. The maximum absolute atomic E-state index is 12.1. The lowest BCUT2D eigenvalue weighted by Gasteiger charge is -2.11. The average Bonchev–Trinajstić information content (AvgIpc) is 3.10. The van der Waals surface area contributed by atoms with E-state index < -0.39 is 0 Å². The van der Waals surface area contributed by atoms with Crippen LogP contribution >= 0.6 is 23.1 Å². The van der Waals surface area contributed by atoms with Crippen molar-refractivity contribution in [3.63, 3.8) is 0 Å². The smallest absolute Gasteiger partial charge is 0.311 e. The van der Waals surface area contributed by atoms with Crippen LogP contribution in [0, 0.1) is 0 Å². The monoisotopic (exact) mass is 437 g/mol. The molecular weight excluding hydrogens is 414 g/mol. The number of esters is 1. The van der Waals surface area contributed by atoms with Crippen molar-refractivity contribution in [2.75, 3.05) is 35.4 Å². The largest absolute Gasteiger partial charge is 0.492 e. The number of nitrogens with one attached hydrogen (secondary N) is 2. The third-order valence-electron chi connectivity index (χ3n) is 3.36. The van der Waals surface area contributed by atoms with Crippen molar-refractivity contribution in [1.29, 1.82) is 0 Å². The molecule has 2 aromatic rings. The Morgan fingerprint density at radius 3 is 2.52 bits per heavy atom. The first-order valence-electron chi connectivity index (χ1n) is 9.01. The van der Waals surface area contributed by atoms with Crippen molar-refractivity contribution >= 4 is 51.7 Å². The van der Waals surface area contributed by atoms with E-state index in [2.05, 4.69) is 15.6 Å². The zero-order valence-electron chi connectivity index (χ0n) is 16.2. The third kappa shape index (κ3) is 8.12. The molecule has 0 fully saturated rings. The second-order valence-corrected chi connectivity index (χ2v) is 7.49. The van der Waals surface area contributed by atoms with E-state index in [1.54, 1.807) is 24.4 Å².